The molecule has 7 heteroatoms. The first-order valence-electron chi connectivity index (χ1n) is 7.84. The molecule has 1 unspecified atom stereocenters. The largest absolute Gasteiger partial charge is 0.368 e. The van der Waals surface area contributed by atoms with E-state index in [-0.39, 0.29) is 42.2 Å². The van der Waals surface area contributed by atoms with E-state index in [4.69, 9.17) is 17.3 Å². The van der Waals surface area contributed by atoms with Gasteiger partial charge in [-0.15, -0.1) is 24.8 Å². The number of benzene rings is 1. The summed E-state index contributed by atoms with van der Waals surface area (Å²) in [5, 5.41) is 3.85. The predicted octanol–water partition coefficient (Wildman–Crippen LogP) is 3.64. The summed E-state index contributed by atoms with van der Waals surface area (Å²) >= 11 is 6.27. The van der Waals surface area contributed by atoms with Crippen LogP contribution in [-0.2, 0) is 4.79 Å². The van der Waals surface area contributed by atoms with Gasteiger partial charge in [-0.05, 0) is 30.4 Å². The Morgan fingerprint density at radius 2 is 1.96 bits per heavy atom. The number of piperidine rings is 1. The Balaban J connectivity index is 0.00000264. The second-order valence-corrected chi connectivity index (χ2v) is 7.50. The SMILES string of the molecule is CC(C)(C)[C@H](N)C(=O)NC1CCCN(c2ccccc2Cl)C1.Cl.Cl. The number of nitrogens with one attached hydrogen (secondary N) is 1. The van der Waals surface area contributed by atoms with Crippen molar-refractivity contribution in [2.45, 2.75) is 45.7 Å². The number of carbonyl (C=O) groups is 1. The van der Waals surface area contributed by atoms with Crippen molar-refractivity contribution >= 4 is 48.0 Å². The molecule has 3 N–H and O–H groups in total. The standard InChI is InChI=1S/C17H26ClN3O.2ClH/c1-17(2,3)15(19)16(22)20-12-7-6-10-21(11-12)14-9-5-4-8-13(14)18;;/h4-5,8-9,12,15H,6-7,10-11,19H2,1-3H3,(H,20,22);2*1H/t12?,15-;;/m1../s1. The topological polar surface area (TPSA) is 58.4 Å². The molecule has 24 heavy (non-hydrogen) atoms. The molecule has 1 heterocycles. The highest BCUT2D eigenvalue weighted by Gasteiger charge is 2.30. The Morgan fingerprint density at radius 3 is 2.54 bits per heavy atom. The number of halogens is 3. The van der Waals surface area contributed by atoms with E-state index >= 15 is 0 Å². The molecule has 0 saturated carbocycles. The molecule has 1 aromatic carbocycles. The minimum atomic E-state index is -0.497. The van der Waals surface area contributed by atoms with Crippen LogP contribution < -0.4 is 16.0 Å². The zero-order valence-electron chi connectivity index (χ0n) is 14.4. The Kier molecular flexibility index (Phi) is 9.44. The second kappa shape index (κ2) is 9.71. The van der Waals surface area contributed by atoms with E-state index in [0.29, 0.717) is 0 Å². The molecule has 1 aromatic rings. The summed E-state index contributed by atoms with van der Waals surface area (Å²) in [5.74, 6) is -0.0708. The van der Waals surface area contributed by atoms with Crippen LogP contribution in [-0.4, -0.2) is 31.1 Å². The van der Waals surface area contributed by atoms with Crippen molar-refractivity contribution in [3.8, 4) is 0 Å². The normalized spacial score (nSPS) is 18.9. The van der Waals surface area contributed by atoms with E-state index in [0.717, 1.165) is 36.6 Å². The van der Waals surface area contributed by atoms with Gasteiger partial charge in [0.25, 0.3) is 0 Å². The number of amides is 1. The van der Waals surface area contributed by atoms with Crippen LogP contribution in [0.15, 0.2) is 24.3 Å². The van der Waals surface area contributed by atoms with Gasteiger partial charge in [-0.2, -0.15) is 0 Å². The molecule has 2 rings (SSSR count). The number of para-hydroxylation sites is 1. The number of anilines is 1. The number of rotatable bonds is 3. The van der Waals surface area contributed by atoms with Crippen molar-refractivity contribution in [3.63, 3.8) is 0 Å². The Bertz CT molecular complexity index is 534. The minimum Gasteiger partial charge on any atom is -0.368 e. The predicted molar refractivity (Wildman–Crippen MR) is 107 cm³/mol. The second-order valence-electron chi connectivity index (χ2n) is 7.09. The highest BCUT2D eigenvalue weighted by Crippen LogP contribution is 2.28. The molecule has 0 radical (unpaired) electrons. The van der Waals surface area contributed by atoms with Crippen molar-refractivity contribution < 1.29 is 4.79 Å². The van der Waals surface area contributed by atoms with Gasteiger partial charge in [0, 0.05) is 19.1 Å². The van der Waals surface area contributed by atoms with Gasteiger partial charge in [-0.25, -0.2) is 0 Å². The first kappa shape index (κ1) is 23.3. The number of nitrogens with zero attached hydrogens (tertiary/aromatic N) is 1. The van der Waals surface area contributed by atoms with E-state index in [9.17, 15) is 4.79 Å². The summed E-state index contributed by atoms with van der Waals surface area (Å²) in [6, 6.07) is 7.45. The molecule has 0 aliphatic carbocycles. The van der Waals surface area contributed by atoms with Crippen molar-refractivity contribution in [3.05, 3.63) is 29.3 Å². The molecule has 0 bridgehead atoms. The lowest BCUT2D eigenvalue weighted by atomic mass is 9.86. The highest BCUT2D eigenvalue weighted by molar-refractivity contribution is 6.33. The lowest BCUT2D eigenvalue weighted by Gasteiger charge is -2.36. The van der Waals surface area contributed by atoms with E-state index in [2.05, 4.69) is 10.2 Å². The maximum absolute atomic E-state index is 12.3. The molecular weight excluding hydrogens is 369 g/mol. The molecule has 1 aliphatic rings. The van der Waals surface area contributed by atoms with Gasteiger partial charge in [0.1, 0.15) is 0 Å². The molecular formula is C17H28Cl3N3O. The van der Waals surface area contributed by atoms with Crippen LogP contribution in [0.25, 0.3) is 0 Å². The van der Waals surface area contributed by atoms with Crippen molar-refractivity contribution in [1.29, 1.82) is 0 Å². The average Bonchev–Trinajstić information content (AvgIpc) is 2.46. The van der Waals surface area contributed by atoms with Crippen LogP contribution in [0, 0.1) is 5.41 Å². The molecule has 1 amide bonds. The van der Waals surface area contributed by atoms with E-state index in [1.54, 1.807) is 0 Å². The quantitative estimate of drug-likeness (QED) is 0.820. The number of hydrogen-bond donors (Lipinski definition) is 2. The zero-order chi connectivity index (χ0) is 16.3. The fraction of sp³-hybridized carbons (Fsp3) is 0.588. The highest BCUT2D eigenvalue weighted by atomic mass is 35.5. The van der Waals surface area contributed by atoms with Crippen LogP contribution >= 0.6 is 36.4 Å². The third kappa shape index (κ3) is 5.99. The Labute approximate surface area is 162 Å². The van der Waals surface area contributed by atoms with E-state index in [1.165, 1.54) is 0 Å². The minimum absolute atomic E-state index is 0. The fourth-order valence-corrected chi connectivity index (χ4v) is 2.96. The number of hydrogen-bond acceptors (Lipinski definition) is 3. The lowest BCUT2D eigenvalue weighted by Crippen LogP contribution is -2.55. The monoisotopic (exact) mass is 395 g/mol. The van der Waals surface area contributed by atoms with Crippen LogP contribution in [0.5, 0.6) is 0 Å². The first-order valence-corrected chi connectivity index (χ1v) is 8.22. The number of carbonyl (C=O) groups excluding carboxylic acids is 1. The molecule has 2 atom stereocenters. The van der Waals surface area contributed by atoms with Gasteiger partial charge in [0.05, 0.1) is 16.8 Å². The average molecular weight is 397 g/mol. The summed E-state index contributed by atoms with van der Waals surface area (Å²) in [6.45, 7) is 7.67. The fourth-order valence-electron chi connectivity index (χ4n) is 2.71. The van der Waals surface area contributed by atoms with E-state index < -0.39 is 6.04 Å². The van der Waals surface area contributed by atoms with Gasteiger partial charge < -0.3 is 16.0 Å². The molecule has 0 spiro atoms. The molecule has 1 aliphatic heterocycles. The molecule has 1 saturated heterocycles. The maximum Gasteiger partial charge on any atom is 0.237 e. The molecule has 4 nitrogen and oxygen atoms in total. The van der Waals surface area contributed by atoms with Crippen molar-refractivity contribution in [1.82, 2.24) is 5.32 Å². The Morgan fingerprint density at radius 1 is 1.33 bits per heavy atom. The summed E-state index contributed by atoms with van der Waals surface area (Å²) in [5.41, 5.74) is 6.83. The van der Waals surface area contributed by atoms with Crippen molar-refractivity contribution in [2.75, 3.05) is 18.0 Å². The third-order valence-corrected chi connectivity index (χ3v) is 4.50. The summed E-state index contributed by atoms with van der Waals surface area (Å²) < 4.78 is 0. The van der Waals surface area contributed by atoms with Crippen LogP contribution in [0.3, 0.4) is 0 Å². The van der Waals surface area contributed by atoms with Gasteiger partial charge in [-0.1, -0.05) is 44.5 Å². The van der Waals surface area contributed by atoms with Gasteiger partial charge in [-0.3, -0.25) is 4.79 Å². The van der Waals surface area contributed by atoms with E-state index in [1.807, 2.05) is 45.0 Å². The summed E-state index contributed by atoms with van der Waals surface area (Å²) in [7, 11) is 0. The zero-order valence-corrected chi connectivity index (χ0v) is 16.8. The summed E-state index contributed by atoms with van der Waals surface area (Å²) in [6.07, 6.45) is 2.00. The molecule has 1 fully saturated rings. The van der Waals surface area contributed by atoms with Gasteiger partial charge in [0.2, 0.25) is 5.91 Å². The summed E-state index contributed by atoms with van der Waals surface area (Å²) in [4.78, 5) is 14.5. The number of nitrogens with two attached hydrogens (primary N) is 1. The first-order chi connectivity index (χ1) is 10.3. The van der Waals surface area contributed by atoms with Crippen molar-refractivity contribution in [2.24, 2.45) is 11.1 Å². The smallest absolute Gasteiger partial charge is 0.237 e. The Hall–Kier alpha value is -0.680. The molecule has 0 aromatic heterocycles. The van der Waals surface area contributed by atoms with Crippen LogP contribution in [0.4, 0.5) is 5.69 Å². The van der Waals surface area contributed by atoms with Gasteiger partial charge >= 0.3 is 0 Å². The maximum atomic E-state index is 12.3. The van der Waals surface area contributed by atoms with Gasteiger partial charge in [0.15, 0.2) is 0 Å². The lowest BCUT2D eigenvalue weighted by molar-refractivity contribution is -0.125. The van der Waals surface area contributed by atoms with Crippen LogP contribution in [0.2, 0.25) is 5.02 Å². The molecule has 138 valence electrons. The van der Waals surface area contributed by atoms with Crippen LogP contribution in [0.1, 0.15) is 33.6 Å². The third-order valence-electron chi connectivity index (χ3n) is 4.18.